The van der Waals surface area contributed by atoms with Crippen LogP contribution in [-0.4, -0.2) is 33.9 Å². The van der Waals surface area contributed by atoms with E-state index < -0.39 is 5.41 Å². The van der Waals surface area contributed by atoms with Gasteiger partial charge < -0.3 is 15.8 Å². The Kier molecular flexibility index (Phi) is 3.03. The van der Waals surface area contributed by atoms with Crippen LogP contribution in [0.25, 0.3) is 0 Å². The van der Waals surface area contributed by atoms with Crippen LogP contribution in [-0.2, 0) is 4.79 Å². The van der Waals surface area contributed by atoms with Gasteiger partial charge in [-0.05, 0) is 45.4 Å². The monoisotopic (exact) mass is 253 g/mol. The first kappa shape index (κ1) is 13.2. The normalized spacial score (nSPS) is 35.4. The Morgan fingerprint density at radius 1 is 1.44 bits per heavy atom. The molecule has 1 aliphatic carbocycles. The first-order valence-electron chi connectivity index (χ1n) is 6.63. The quantitative estimate of drug-likeness (QED) is 0.339. The number of nitrogens with two attached hydrogens (primary N) is 1. The van der Waals surface area contributed by atoms with Crippen LogP contribution in [0.5, 0.6) is 0 Å². The Morgan fingerprint density at radius 2 is 2.06 bits per heavy atom. The molecule has 0 bridgehead atoms. The van der Waals surface area contributed by atoms with E-state index >= 15 is 0 Å². The van der Waals surface area contributed by atoms with Crippen LogP contribution in [0.15, 0.2) is 5.16 Å². The molecular formula is C13H23N3O2. The Morgan fingerprint density at radius 3 is 2.44 bits per heavy atom. The molecule has 1 aliphatic heterocycles. The molecular weight excluding hydrogens is 230 g/mol. The van der Waals surface area contributed by atoms with Crippen molar-refractivity contribution in [3.63, 3.8) is 0 Å². The van der Waals surface area contributed by atoms with Crippen LogP contribution < -0.4 is 5.73 Å². The highest BCUT2D eigenvalue weighted by molar-refractivity contribution is 6.08. The third-order valence-electron chi connectivity index (χ3n) is 4.55. The summed E-state index contributed by atoms with van der Waals surface area (Å²) in [5, 5.41) is 12.0. The van der Waals surface area contributed by atoms with Gasteiger partial charge in [-0.1, -0.05) is 12.1 Å². The van der Waals surface area contributed by atoms with Crippen molar-refractivity contribution >= 4 is 11.7 Å². The summed E-state index contributed by atoms with van der Waals surface area (Å²) in [5.41, 5.74) is 4.92. The largest absolute Gasteiger partial charge is 0.409 e. The van der Waals surface area contributed by atoms with Crippen molar-refractivity contribution in [2.24, 2.45) is 22.2 Å². The van der Waals surface area contributed by atoms with Gasteiger partial charge in [0.05, 0.1) is 0 Å². The highest BCUT2D eigenvalue weighted by Gasteiger charge is 2.55. The summed E-state index contributed by atoms with van der Waals surface area (Å²) in [6, 6.07) is 0. The number of nitrogens with zero attached hydrogens (tertiary/aromatic N) is 2. The molecule has 2 aliphatic rings. The second kappa shape index (κ2) is 4.14. The maximum absolute atomic E-state index is 12.8. The Labute approximate surface area is 108 Å². The highest BCUT2D eigenvalue weighted by atomic mass is 16.4. The van der Waals surface area contributed by atoms with Gasteiger partial charge in [-0.25, -0.2) is 0 Å². The zero-order valence-corrected chi connectivity index (χ0v) is 11.4. The average Bonchev–Trinajstić information content (AvgIpc) is 2.62. The topological polar surface area (TPSA) is 78.9 Å². The van der Waals surface area contributed by atoms with E-state index in [9.17, 15) is 4.79 Å². The fourth-order valence-corrected chi connectivity index (χ4v) is 3.46. The molecule has 102 valence electrons. The highest BCUT2D eigenvalue weighted by Crippen LogP contribution is 2.48. The molecule has 18 heavy (non-hydrogen) atoms. The van der Waals surface area contributed by atoms with E-state index in [2.05, 4.69) is 25.9 Å². The molecule has 0 atom stereocenters. The predicted octanol–water partition coefficient (Wildman–Crippen LogP) is 1.55. The third-order valence-corrected chi connectivity index (χ3v) is 4.55. The number of hydrogen-bond acceptors (Lipinski definition) is 3. The Hall–Kier alpha value is -1.26. The van der Waals surface area contributed by atoms with Crippen LogP contribution in [0.2, 0.25) is 0 Å². The van der Waals surface area contributed by atoms with Gasteiger partial charge in [-0.15, -0.1) is 0 Å². The molecule has 5 heteroatoms. The minimum absolute atomic E-state index is 0.0402. The Bertz CT molecular complexity index is 384. The van der Waals surface area contributed by atoms with Gasteiger partial charge in [-0.2, -0.15) is 0 Å². The second-order valence-corrected chi connectivity index (χ2v) is 6.45. The molecule has 3 N–H and O–H groups in total. The van der Waals surface area contributed by atoms with E-state index in [4.69, 9.17) is 10.9 Å². The number of oxime groups is 1. The van der Waals surface area contributed by atoms with Gasteiger partial charge >= 0.3 is 0 Å². The molecule has 1 saturated heterocycles. The zero-order chi connectivity index (χ0) is 13.6. The average molecular weight is 253 g/mol. The molecule has 2 rings (SSSR count). The number of carbonyl (C=O) groups excluding carboxylic acids is 1. The second-order valence-electron chi connectivity index (χ2n) is 6.45. The zero-order valence-electron chi connectivity index (χ0n) is 11.4. The lowest BCUT2D eigenvalue weighted by molar-refractivity contribution is -0.147. The van der Waals surface area contributed by atoms with Crippen molar-refractivity contribution in [2.45, 2.75) is 52.0 Å². The van der Waals surface area contributed by atoms with Crippen molar-refractivity contribution in [3.8, 4) is 0 Å². The van der Waals surface area contributed by atoms with E-state index in [-0.39, 0.29) is 17.3 Å². The van der Waals surface area contributed by atoms with Gasteiger partial charge in [0.2, 0.25) is 5.91 Å². The molecule has 0 radical (unpaired) electrons. The fourth-order valence-electron chi connectivity index (χ4n) is 3.46. The predicted molar refractivity (Wildman–Crippen MR) is 69.3 cm³/mol. The number of likely N-dealkylation sites (tertiary alicyclic amines) is 1. The molecule has 0 aromatic heterocycles. The summed E-state index contributed by atoms with van der Waals surface area (Å²) in [4.78, 5) is 14.7. The van der Waals surface area contributed by atoms with E-state index in [0.717, 1.165) is 19.4 Å². The smallest absolute Gasteiger partial charge is 0.236 e. The van der Waals surface area contributed by atoms with Crippen LogP contribution in [0.1, 0.15) is 46.5 Å². The number of amides is 1. The standard InChI is InChI=1S/C13H23N3O2/c1-9-7-13(8-9,10(14)15-18)11(17)16-6-4-5-12(16,2)3/h9,18H,4-8H2,1-3H3,(H2,14,15). The van der Waals surface area contributed by atoms with E-state index in [1.54, 1.807) is 0 Å². The van der Waals surface area contributed by atoms with Crippen molar-refractivity contribution in [3.05, 3.63) is 0 Å². The Balaban J connectivity index is 2.26. The molecule has 0 aromatic carbocycles. The SMILES string of the molecule is CC1CC(C(=O)N2CCCC2(C)C)(C(N)=NO)C1. The van der Waals surface area contributed by atoms with Gasteiger partial charge in [0, 0.05) is 12.1 Å². The third kappa shape index (κ3) is 1.76. The fraction of sp³-hybridized carbons (Fsp3) is 0.846. The maximum atomic E-state index is 12.8. The van der Waals surface area contributed by atoms with Gasteiger partial charge in [-0.3, -0.25) is 4.79 Å². The lowest BCUT2D eigenvalue weighted by Crippen LogP contribution is -2.60. The number of carbonyl (C=O) groups is 1. The molecule has 0 spiro atoms. The first-order valence-corrected chi connectivity index (χ1v) is 6.63. The van der Waals surface area contributed by atoms with Gasteiger partial charge in [0.25, 0.3) is 0 Å². The maximum Gasteiger partial charge on any atom is 0.236 e. The molecule has 0 aromatic rings. The molecule has 1 amide bonds. The lowest BCUT2D eigenvalue weighted by Gasteiger charge is -2.48. The van der Waals surface area contributed by atoms with Crippen LogP contribution in [0.4, 0.5) is 0 Å². The van der Waals surface area contributed by atoms with E-state index in [1.165, 1.54) is 0 Å². The summed E-state index contributed by atoms with van der Waals surface area (Å²) in [5.74, 6) is 0.576. The number of amidine groups is 1. The van der Waals surface area contributed by atoms with Gasteiger partial charge in [0.15, 0.2) is 5.84 Å². The molecule has 2 fully saturated rings. The summed E-state index contributed by atoms with van der Waals surface area (Å²) in [6.07, 6.45) is 3.42. The minimum atomic E-state index is -0.754. The lowest BCUT2D eigenvalue weighted by atomic mass is 9.61. The molecule has 1 saturated carbocycles. The van der Waals surface area contributed by atoms with Crippen molar-refractivity contribution in [1.29, 1.82) is 0 Å². The molecule has 1 heterocycles. The number of hydrogen-bond donors (Lipinski definition) is 2. The van der Waals surface area contributed by atoms with Crippen molar-refractivity contribution in [1.82, 2.24) is 4.90 Å². The van der Waals surface area contributed by atoms with Crippen molar-refractivity contribution in [2.75, 3.05) is 6.54 Å². The van der Waals surface area contributed by atoms with E-state index in [0.29, 0.717) is 18.8 Å². The van der Waals surface area contributed by atoms with E-state index in [1.807, 2.05) is 4.90 Å². The molecule has 5 nitrogen and oxygen atoms in total. The van der Waals surface area contributed by atoms with Crippen LogP contribution in [0, 0.1) is 11.3 Å². The summed E-state index contributed by atoms with van der Waals surface area (Å²) < 4.78 is 0. The molecule has 0 unspecified atom stereocenters. The van der Waals surface area contributed by atoms with Crippen molar-refractivity contribution < 1.29 is 10.0 Å². The number of rotatable bonds is 2. The summed E-state index contributed by atoms with van der Waals surface area (Å²) in [6.45, 7) is 7.03. The van der Waals surface area contributed by atoms with Crippen LogP contribution in [0.3, 0.4) is 0 Å². The minimum Gasteiger partial charge on any atom is -0.409 e. The van der Waals surface area contributed by atoms with Gasteiger partial charge in [0.1, 0.15) is 5.41 Å². The summed E-state index contributed by atoms with van der Waals surface area (Å²) >= 11 is 0. The summed E-state index contributed by atoms with van der Waals surface area (Å²) in [7, 11) is 0. The van der Waals surface area contributed by atoms with Crippen LogP contribution >= 0.6 is 0 Å². The first-order chi connectivity index (χ1) is 8.33.